The van der Waals surface area contributed by atoms with Gasteiger partial charge in [0.1, 0.15) is 6.10 Å². The minimum Gasteiger partial charge on any atom is -0.474 e. The number of rotatable bonds is 8. The summed E-state index contributed by atoms with van der Waals surface area (Å²) in [6.45, 7) is 5.49. The number of nitrogens with zero attached hydrogens (tertiary/aromatic N) is 2. The van der Waals surface area contributed by atoms with E-state index in [1.54, 1.807) is 0 Å². The van der Waals surface area contributed by atoms with E-state index < -0.39 is 10.8 Å². The fraction of sp³-hybridized carbons (Fsp3) is 0.739. The normalized spacial score (nSPS) is 24.3. The largest absolute Gasteiger partial charge is 0.474 e. The van der Waals surface area contributed by atoms with Crippen molar-refractivity contribution in [3.05, 3.63) is 23.9 Å². The van der Waals surface area contributed by atoms with E-state index in [4.69, 9.17) is 9.73 Å². The predicted molar refractivity (Wildman–Crippen MR) is 124 cm³/mol. The molecular formula is C23H38N4O2S. The second-order valence-electron chi connectivity index (χ2n) is 8.37. The van der Waals surface area contributed by atoms with E-state index >= 15 is 0 Å². The molecule has 0 aromatic carbocycles. The molecule has 0 saturated heterocycles. The number of ether oxygens (including phenoxy) is 1. The van der Waals surface area contributed by atoms with Crippen molar-refractivity contribution in [2.45, 2.75) is 95.6 Å². The fourth-order valence-corrected chi connectivity index (χ4v) is 5.75. The molecular weight excluding hydrogens is 396 g/mol. The molecule has 2 saturated carbocycles. The van der Waals surface area contributed by atoms with Gasteiger partial charge in [-0.25, -0.2) is 9.98 Å². The van der Waals surface area contributed by atoms with Gasteiger partial charge < -0.3 is 15.4 Å². The lowest BCUT2D eigenvalue weighted by atomic mass is 9.95. The third-order valence-electron chi connectivity index (χ3n) is 6.03. The number of nitrogens with one attached hydrogen (secondary N) is 2. The Hall–Kier alpha value is -1.63. The summed E-state index contributed by atoms with van der Waals surface area (Å²) in [5.74, 6) is 2.29. The van der Waals surface area contributed by atoms with E-state index in [0.717, 1.165) is 62.3 Å². The van der Waals surface area contributed by atoms with Crippen LogP contribution in [0.5, 0.6) is 5.88 Å². The van der Waals surface area contributed by atoms with Crippen LogP contribution in [-0.4, -0.2) is 44.8 Å². The summed E-state index contributed by atoms with van der Waals surface area (Å²) in [7, 11) is -0.713. The number of aliphatic imine (C=N–C) groups is 1. The molecule has 0 spiro atoms. The standard InChI is InChI=1S/C23H38N4O2S/c1-3-24-23(27-19-9-8-12-21(16-19)30(28)4-2)26-17-18-13-14-25-22(15-18)29-20-10-6-5-7-11-20/h13-15,19-21H,3-12,16-17H2,1-2H3,(H2,24,26,27). The maximum absolute atomic E-state index is 12.2. The minimum absolute atomic E-state index is 0.303. The smallest absolute Gasteiger partial charge is 0.213 e. The average Bonchev–Trinajstić information content (AvgIpc) is 2.78. The van der Waals surface area contributed by atoms with Gasteiger partial charge in [0.05, 0.1) is 6.54 Å². The molecule has 1 aromatic rings. The second kappa shape index (κ2) is 12.3. The van der Waals surface area contributed by atoms with Crippen LogP contribution in [-0.2, 0) is 17.3 Å². The van der Waals surface area contributed by atoms with Crippen molar-refractivity contribution in [1.29, 1.82) is 0 Å². The van der Waals surface area contributed by atoms with Crippen molar-refractivity contribution < 1.29 is 8.95 Å². The number of pyridine rings is 1. The van der Waals surface area contributed by atoms with Gasteiger partial charge in [-0.15, -0.1) is 0 Å². The molecule has 2 aliphatic rings. The zero-order valence-electron chi connectivity index (χ0n) is 18.6. The Bertz CT molecular complexity index is 706. The molecule has 2 aliphatic carbocycles. The van der Waals surface area contributed by atoms with Gasteiger partial charge in [0, 0.05) is 46.7 Å². The molecule has 0 bridgehead atoms. The fourth-order valence-electron chi connectivity index (χ4n) is 4.40. The Morgan fingerprint density at radius 3 is 2.80 bits per heavy atom. The first kappa shape index (κ1) is 23.0. The lowest BCUT2D eigenvalue weighted by Crippen LogP contribution is -2.46. The summed E-state index contributed by atoms with van der Waals surface area (Å²) in [5.41, 5.74) is 1.10. The Morgan fingerprint density at radius 1 is 1.20 bits per heavy atom. The molecule has 2 fully saturated rings. The van der Waals surface area contributed by atoms with Crippen LogP contribution in [0.2, 0.25) is 0 Å². The molecule has 1 aromatic heterocycles. The number of hydrogen-bond acceptors (Lipinski definition) is 4. The summed E-state index contributed by atoms with van der Waals surface area (Å²) in [4.78, 5) is 9.18. The summed E-state index contributed by atoms with van der Waals surface area (Å²) in [5, 5.41) is 7.24. The van der Waals surface area contributed by atoms with E-state index in [0.29, 0.717) is 29.8 Å². The average molecular weight is 435 g/mol. The minimum atomic E-state index is -0.713. The van der Waals surface area contributed by atoms with E-state index in [1.807, 2.05) is 25.3 Å². The van der Waals surface area contributed by atoms with Gasteiger partial charge in [-0.2, -0.15) is 0 Å². The zero-order valence-corrected chi connectivity index (χ0v) is 19.4. The van der Waals surface area contributed by atoms with Crippen LogP contribution in [0.25, 0.3) is 0 Å². The summed E-state index contributed by atoms with van der Waals surface area (Å²) in [6.07, 6.45) is 12.5. The van der Waals surface area contributed by atoms with Crippen LogP contribution in [0.1, 0.15) is 77.2 Å². The highest BCUT2D eigenvalue weighted by Crippen LogP contribution is 2.24. The van der Waals surface area contributed by atoms with Gasteiger partial charge >= 0.3 is 0 Å². The van der Waals surface area contributed by atoms with Crippen molar-refractivity contribution in [2.24, 2.45) is 4.99 Å². The van der Waals surface area contributed by atoms with Crippen LogP contribution >= 0.6 is 0 Å². The van der Waals surface area contributed by atoms with Gasteiger partial charge in [0.25, 0.3) is 0 Å². The van der Waals surface area contributed by atoms with Gasteiger partial charge in [0.15, 0.2) is 5.96 Å². The molecule has 3 atom stereocenters. The number of hydrogen-bond donors (Lipinski definition) is 2. The van der Waals surface area contributed by atoms with Gasteiger partial charge in [-0.3, -0.25) is 4.21 Å². The third kappa shape index (κ3) is 7.25. The van der Waals surface area contributed by atoms with Crippen LogP contribution in [0.15, 0.2) is 23.3 Å². The molecule has 0 amide bonds. The van der Waals surface area contributed by atoms with Crippen LogP contribution in [0.3, 0.4) is 0 Å². The van der Waals surface area contributed by atoms with Gasteiger partial charge in [-0.1, -0.05) is 19.8 Å². The van der Waals surface area contributed by atoms with E-state index in [-0.39, 0.29) is 0 Å². The van der Waals surface area contributed by atoms with E-state index in [9.17, 15) is 4.21 Å². The molecule has 7 heteroatoms. The SMILES string of the molecule is CCNC(=NCc1ccnc(OC2CCCCC2)c1)NC1CCCC(S(=O)CC)C1. The topological polar surface area (TPSA) is 75.6 Å². The van der Waals surface area contributed by atoms with Crippen molar-refractivity contribution in [1.82, 2.24) is 15.6 Å². The first-order chi connectivity index (χ1) is 14.7. The molecule has 0 radical (unpaired) electrons. The van der Waals surface area contributed by atoms with Crippen molar-refractivity contribution >= 4 is 16.8 Å². The Labute approximate surface area is 184 Å². The first-order valence-corrected chi connectivity index (χ1v) is 13.1. The van der Waals surface area contributed by atoms with Crippen LogP contribution in [0, 0.1) is 0 Å². The number of aromatic nitrogens is 1. The number of guanidine groups is 1. The third-order valence-corrected chi connectivity index (χ3v) is 7.77. The molecule has 168 valence electrons. The highest BCUT2D eigenvalue weighted by molar-refractivity contribution is 7.85. The quantitative estimate of drug-likeness (QED) is 0.479. The van der Waals surface area contributed by atoms with Gasteiger partial charge in [-0.05, 0) is 63.5 Å². The Morgan fingerprint density at radius 2 is 2.03 bits per heavy atom. The van der Waals surface area contributed by atoms with Crippen molar-refractivity contribution in [3.63, 3.8) is 0 Å². The maximum atomic E-state index is 12.2. The van der Waals surface area contributed by atoms with Crippen LogP contribution < -0.4 is 15.4 Å². The summed E-state index contributed by atoms with van der Waals surface area (Å²) >= 11 is 0. The molecule has 30 heavy (non-hydrogen) atoms. The molecule has 3 unspecified atom stereocenters. The zero-order chi connectivity index (χ0) is 21.2. The molecule has 2 N–H and O–H groups in total. The molecule has 3 rings (SSSR count). The monoisotopic (exact) mass is 434 g/mol. The first-order valence-electron chi connectivity index (χ1n) is 11.7. The maximum Gasteiger partial charge on any atom is 0.213 e. The summed E-state index contributed by atoms with van der Waals surface area (Å²) in [6, 6.07) is 4.35. The highest BCUT2D eigenvalue weighted by Gasteiger charge is 2.26. The Kier molecular flexibility index (Phi) is 9.43. The molecule has 0 aliphatic heterocycles. The van der Waals surface area contributed by atoms with Gasteiger partial charge in [0.2, 0.25) is 5.88 Å². The van der Waals surface area contributed by atoms with E-state index in [1.165, 1.54) is 19.3 Å². The summed E-state index contributed by atoms with van der Waals surface area (Å²) < 4.78 is 18.3. The predicted octanol–water partition coefficient (Wildman–Crippen LogP) is 3.93. The van der Waals surface area contributed by atoms with Crippen molar-refractivity contribution in [3.8, 4) is 5.88 Å². The lowest BCUT2D eigenvalue weighted by Gasteiger charge is -2.30. The Balaban J connectivity index is 1.57. The second-order valence-corrected chi connectivity index (χ2v) is 10.4. The van der Waals surface area contributed by atoms with Crippen LogP contribution in [0.4, 0.5) is 0 Å². The highest BCUT2D eigenvalue weighted by atomic mass is 32.2. The lowest BCUT2D eigenvalue weighted by molar-refractivity contribution is 0.148. The van der Waals surface area contributed by atoms with Crippen molar-refractivity contribution in [2.75, 3.05) is 12.3 Å². The van der Waals surface area contributed by atoms with E-state index in [2.05, 4.69) is 22.5 Å². The molecule has 1 heterocycles. The molecule has 6 nitrogen and oxygen atoms in total.